The van der Waals surface area contributed by atoms with Gasteiger partial charge in [0, 0.05) is 16.6 Å². The molecule has 0 fully saturated rings. The molecule has 162 valence electrons. The van der Waals surface area contributed by atoms with Crippen LogP contribution in [0.2, 0.25) is 0 Å². The number of carbonyl (C=O) groups is 1. The highest BCUT2D eigenvalue weighted by Gasteiger charge is 2.47. The van der Waals surface area contributed by atoms with Gasteiger partial charge in [-0.25, -0.2) is 4.98 Å². The molecule has 0 unspecified atom stereocenters. The van der Waals surface area contributed by atoms with Crippen molar-refractivity contribution in [1.29, 1.82) is 0 Å². The summed E-state index contributed by atoms with van der Waals surface area (Å²) in [6.07, 6.45) is 0.860. The molecule has 3 nitrogen and oxygen atoms in total. The third-order valence-corrected chi connectivity index (χ3v) is 8.55. The first-order valence-corrected chi connectivity index (χ1v) is 12.7. The van der Waals surface area contributed by atoms with Crippen molar-refractivity contribution in [1.82, 2.24) is 4.98 Å². The van der Waals surface area contributed by atoms with Crippen LogP contribution in [0.15, 0.2) is 83.2 Å². The SMILES string of the molecule is CC1(C)C[C@@](C)(c2ccccc2)c2ccccc2N1C(=O)CSc1nc2ccccc2s1. The van der Waals surface area contributed by atoms with E-state index in [0.29, 0.717) is 5.75 Å². The number of anilines is 1. The summed E-state index contributed by atoms with van der Waals surface area (Å²) in [5.41, 5.74) is 4.04. The molecular formula is C27H26N2OS2. The minimum atomic E-state index is -0.315. The number of hydrogen-bond donors (Lipinski definition) is 0. The molecule has 1 amide bonds. The van der Waals surface area contributed by atoms with Crippen LogP contribution >= 0.6 is 23.1 Å². The third-order valence-electron chi connectivity index (χ3n) is 6.38. The number of carbonyl (C=O) groups excluding carboxylic acids is 1. The van der Waals surface area contributed by atoms with Crippen molar-refractivity contribution < 1.29 is 4.79 Å². The summed E-state index contributed by atoms with van der Waals surface area (Å²) in [6.45, 7) is 6.68. The topological polar surface area (TPSA) is 33.2 Å². The van der Waals surface area contributed by atoms with Gasteiger partial charge >= 0.3 is 0 Å². The lowest BCUT2D eigenvalue weighted by Gasteiger charge is -2.51. The molecule has 5 heteroatoms. The van der Waals surface area contributed by atoms with Crippen molar-refractivity contribution >= 4 is 44.9 Å². The second kappa shape index (κ2) is 8.05. The Labute approximate surface area is 197 Å². The monoisotopic (exact) mass is 458 g/mol. The van der Waals surface area contributed by atoms with E-state index in [1.165, 1.54) is 22.9 Å². The van der Waals surface area contributed by atoms with E-state index in [9.17, 15) is 4.79 Å². The lowest BCUT2D eigenvalue weighted by Crippen LogP contribution is -2.56. The Morgan fingerprint density at radius 2 is 1.66 bits per heavy atom. The van der Waals surface area contributed by atoms with Gasteiger partial charge in [-0.1, -0.05) is 79.3 Å². The average Bonchev–Trinajstić information content (AvgIpc) is 3.21. The second-order valence-corrected chi connectivity index (χ2v) is 11.4. The molecule has 0 N–H and O–H groups in total. The second-order valence-electron chi connectivity index (χ2n) is 9.17. The summed E-state index contributed by atoms with van der Waals surface area (Å²) in [6, 6.07) is 27.2. The van der Waals surface area contributed by atoms with E-state index in [4.69, 9.17) is 0 Å². The summed E-state index contributed by atoms with van der Waals surface area (Å²) in [5, 5.41) is 0. The number of hydrogen-bond acceptors (Lipinski definition) is 4. The highest BCUT2D eigenvalue weighted by atomic mass is 32.2. The Bertz CT molecular complexity index is 1250. The quantitative estimate of drug-likeness (QED) is 0.312. The fourth-order valence-electron chi connectivity index (χ4n) is 5.14. The number of nitrogens with zero attached hydrogens (tertiary/aromatic N) is 2. The van der Waals surface area contributed by atoms with Gasteiger partial charge in [0.15, 0.2) is 4.34 Å². The molecule has 2 heterocycles. The summed E-state index contributed by atoms with van der Waals surface area (Å²) in [4.78, 5) is 20.3. The van der Waals surface area contributed by atoms with Crippen molar-refractivity contribution in [2.45, 2.75) is 42.5 Å². The number of para-hydroxylation sites is 2. The van der Waals surface area contributed by atoms with Crippen LogP contribution in [-0.2, 0) is 10.2 Å². The van der Waals surface area contributed by atoms with Gasteiger partial charge in [-0.05, 0) is 49.6 Å². The van der Waals surface area contributed by atoms with Crippen LogP contribution in [0.1, 0.15) is 38.3 Å². The van der Waals surface area contributed by atoms with Crippen LogP contribution in [0.4, 0.5) is 5.69 Å². The molecule has 1 aliphatic rings. The Morgan fingerprint density at radius 3 is 2.44 bits per heavy atom. The summed E-state index contributed by atoms with van der Waals surface area (Å²) in [7, 11) is 0. The van der Waals surface area contributed by atoms with Crippen molar-refractivity contribution in [3.63, 3.8) is 0 Å². The first-order valence-electron chi connectivity index (χ1n) is 10.8. The molecular weight excluding hydrogens is 432 g/mol. The normalized spacial score (nSPS) is 19.7. The van der Waals surface area contributed by atoms with Crippen LogP contribution in [0, 0.1) is 0 Å². The first kappa shape index (κ1) is 21.2. The van der Waals surface area contributed by atoms with Crippen LogP contribution in [0.3, 0.4) is 0 Å². The Hall–Kier alpha value is -2.63. The van der Waals surface area contributed by atoms with Gasteiger partial charge in [-0.15, -0.1) is 11.3 Å². The van der Waals surface area contributed by atoms with Gasteiger partial charge in [-0.2, -0.15) is 0 Å². The maximum absolute atomic E-state index is 13.6. The van der Waals surface area contributed by atoms with Crippen molar-refractivity contribution in [2.24, 2.45) is 0 Å². The molecule has 0 saturated heterocycles. The maximum Gasteiger partial charge on any atom is 0.237 e. The molecule has 0 bridgehead atoms. The van der Waals surface area contributed by atoms with Gasteiger partial charge in [0.1, 0.15) is 0 Å². The first-order chi connectivity index (χ1) is 15.4. The van der Waals surface area contributed by atoms with Crippen LogP contribution in [-0.4, -0.2) is 22.2 Å². The molecule has 0 aliphatic carbocycles. The number of benzene rings is 3. The zero-order valence-electron chi connectivity index (χ0n) is 18.5. The zero-order valence-corrected chi connectivity index (χ0v) is 20.2. The molecule has 32 heavy (non-hydrogen) atoms. The summed E-state index contributed by atoms with van der Waals surface area (Å²) < 4.78 is 2.10. The zero-order chi connectivity index (χ0) is 22.3. The van der Waals surface area contributed by atoms with Crippen molar-refractivity contribution in [2.75, 3.05) is 10.7 Å². The molecule has 4 aromatic rings. The average molecular weight is 459 g/mol. The van der Waals surface area contributed by atoms with Gasteiger partial charge < -0.3 is 4.90 Å². The minimum Gasteiger partial charge on any atom is -0.306 e. The van der Waals surface area contributed by atoms with Gasteiger partial charge in [0.25, 0.3) is 0 Å². The Kier molecular flexibility index (Phi) is 5.34. The predicted molar refractivity (Wildman–Crippen MR) is 136 cm³/mol. The number of aromatic nitrogens is 1. The summed E-state index contributed by atoms with van der Waals surface area (Å²) >= 11 is 3.19. The molecule has 1 aliphatic heterocycles. The molecule has 1 aromatic heterocycles. The largest absolute Gasteiger partial charge is 0.306 e. The molecule has 5 rings (SSSR count). The number of thiazole rings is 1. The van der Waals surface area contributed by atoms with E-state index in [0.717, 1.165) is 26.7 Å². The van der Waals surface area contributed by atoms with Crippen LogP contribution < -0.4 is 4.90 Å². The molecule has 0 saturated carbocycles. The van der Waals surface area contributed by atoms with Crippen LogP contribution in [0.25, 0.3) is 10.2 Å². The molecule has 0 spiro atoms. The molecule has 1 atom stereocenters. The number of rotatable bonds is 4. The third kappa shape index (κ3) is 3.63. The van der Waals surface area contributed by atoms with Crippen molar-refractivity contribution in [3.8, 4) is 0 Å². The lowest BCUT2D eigenvalue weighted by molar-refractivity contribution is -0.117. The van der Waals surface area contributed by atoms with E-state index in [2.05, 4.69) is 80.4 Å². The van der Waals surface area contributed by atoms with Crippen molar-refractivity contribution in [3.05, 3.63) is 90.0 Å². The van der Waals surface area contributed by atoms with Gasteiger partial charge in [-0.3, -0.25) is 4.79 Å². The smallest absolute Gasteiger partial charge is 0.237 e. The van der Waals surface area contributed by atoms with E-state index >= 15 is 0 Å². The van der Waals surface area contributed by atoms with E-state index in [1.54, 1.807) is 11.3 Å². The highest BCUT2D eigenvalue weighted by Crippen LogP contribution is 2.50. The van der Waals surface area contributed by atoms with E-state index < -0.39 is 0 Å². The standard InChI is InChI=1S/C27H26N2OS2/c1-26(2)18-27(3,19-11-5-4-6-12-19)20-13-7-9-15-22(20)29(26)24(30)17-31-25-28-21-14-8-10-16-23(21)32-25/h4-16H,17-18H2,1-3H3/t27-/m0/s1. The molecule has 3 aromatic carbocycles. The fourth-order valence-corrected chi connectivity index (χ4v) is 7.05. The molecule has 0 radical (unpaired) electrons. The number of fused-ring (bicyclic) bond motifs is 2. The Balaban J connectivity index is 1.47. The van der Waals surface area contributed by atoms with Crippen LogP contribution in [0.5, 0.6) is 0 Å². The number of amides is 1. The fraction of sp³-hybridized carbons (Fsp3) is 0.259. The maximum atomic E-state index is 13.6. The Morgan fingerprint density at radius 1 is 0.969 bits per heavy atom. The van der Waals surface area contributed by atoms with Gasteiger partial charge in [0.05, 0.1) is 16.0 Å². The predicted octanol–water partition coefficient (Wildman–Crippen LogP) is 6.91. The van der Waals surface area contributed by atoms with E-state index in [1.807, 2.05) is 29.2 Å². The lowest BCUT2D eigenvalue weighted by atomic mass is 9.65. The summed E-state index contributed by atoms with van der Waals surface area (Å²) in [5.74, 6) is 0.501. The minimum absolute atomic E-state index is 0.127. The van der Waals surface area contributed by atoms with E-state index in [-0.39, 0.29) is 16.9 Å². The van der Waals surface area contributed by atoms with Gasteiger partial charge in [0.2, 0.25) is 5.91 Å². The highest BCUT2D eigenvalue weighted by molar-refractivity contribution is 8.01. The number of thioether (sulfide) groups is 1.